The molecule has 0 aliphatic carbocycles. The quantitative estimate of drug-likeness (QED) is 0.604. The van der Waals surface area contributed by atoms with Crippen molar-refractivity contribution in [3.63, 3.8) is 0 Å². The molecule has 1 aromatic carbocycles. The predicted octanol–water partition coefficient (Wildman–Crippen LogP) is 5.26. The fourth-order valence-corrected chi connectivity index (χ4v) is 2.70. The first-order valence-electron chi connectivity index (χ1n) is 6.39. The normalized spacial score (nSPS) is 11.2. The molecule has 0 radical (unpaired) electrons. The highest BCUT2D eigenvalue weighted by molar-refractivity contribution is 9.10. The van der Waals surface area contributed by atoms with Gasteiger partial charge in [0.25, 0.3) is 0 Å². The van der Waals surface area contributed by atoms with Crippen LogP contribution >= 0.6 is 27.5 Å². The van der Waals surface area contributed by atoms with Crippen LogP contribution in [0.3, 0.4) is 0 Å². The molecule has 0 aliphatic heterocycles. The van der Waals surface area contributed by atoms with Crippen molar-refractivity contribution in [2.24, 2.45) is 0 Å². The zero-order chi connectivity index (χ0) is 14.1. The average Bonchev–Trinajstić information content (AvgIpc) is 2.88. The van der Waals surface area contributed by atoms with Gasteiger partial charge < -0.3 is 4.42 Å². The Morgan fingerprint density at radius 3 is 2.85 bits per heavy atom. The van der Waals surface area contributed by atoms with Gasteiger partial charge in [-0.3, -0.25) is 0 Å². The molecule has 0 fully saturated rings. The molecule has 3 aromatic rings. The summed E-state index contributed by atoms with van der Waals surface area (Å²) in [5, 5.41) is 1.43. The van der Waals surface area contributed by atoms with E-state index in [2.05, 4.69) is 32.8 Å². The molecule has 0 aliphatic rings. The molecule has 20 heavy (non-hydrogen) atoms. The summed E-state index contributed by atoms with van der Waals surface area (Å²) >= 11 is 9.64. The van der Waals surface area contributed by atoms with E-state index in [1.807, 2.05) is 24.3 Å². The monoisotopic (exact) mass is 350 g/mol. The van der Waals surface area contributed by atoms with Gasteiger partial charge >= 0.3 is 0 Å². The lowest BCUT2D eigenvalue weighted by atomic mass is 10.1. The summed E-state index contributed by atoms with van der Waals surface area (Å²) in [6.07, 6.45) is 3.53. The number of aromatic nitrogens is 2. The molecule has 102 valence electrons. The standard InChI is InChI=1S/C15H12BrClN2O/c1-2-5-11-13(16)14(17)19-15(18-11)10-8-20-12-7-4-3-6-9(10)12/h3-4,6-8H,2,5H2,1H3. The van der Waals surface area contributed by atoms with Crippen molar-refractivity contribution < 1.29 is 4.42 Å². The second-order valence-corrected chi connectivity index (χ2v) is 5.65. The summed E-state index contributed by atoms with van der Waals surface area (Å²) in [4.78, 5) is 8.97. The highest BCUT2D eigenvalue weighted by Crippen LogP contribution is 2.32. The lowest BCUT2D eigenvalue weighted by Gasteiger charge is -2.06. The lowest BCUT2D eigenvalue weighted by Crippen LogP contribution is -1.98. The molecule has 0 unspecified atom stereocenters. The Bertz CT molecular complexity index is 770. The third-order valence-corrected chi connectivity index (χ3v) is 4.42. The number of furan rings is 1. The van der Waals surface area contributed by atoms with Gasteiger partial charge in [-0.05, 0) is 28.4 Å². The van der Waals surface area contributed by atoms with E-state index in [1.54, 1.807) is 6.26 Å². The number of rotatable bonds is 3. The van der Waals surface area contributed by atoms with Gasteiger partial charge in [0.2, 0.25) is 0 Å². The SMILES string of the molecule is CCCc1nc(-c2coc3ccccc23)nc(Cl)c1Br. The first-order valence-corrected chi connectivity index (χ1v) is 7.56. The van der Waals surface area contributed by atoms with E-state index >= 15 is 0 Å². The van der Waals surface area contributed by atoms with Crippen molar-refractivity contribution in [2.75, 3.05) is 0 Å². The highest BCUT2D eigenvalue weighted by atomic mass is 79.9. The number of fused-ring (bicyclic) bond motifs is 1. The smallest absolute Gasteiger partial charge is 0.165 e. The van der Waals surface area contributed by atoms with Crippen LogP contribution in [0.25, 0.3) is 22.4 Å². The number of nitrogens with zero attached hydrogens (tertiary/aromatic N) is 2. The topological polar surface area (TPSA) is 38.9 Å². The second kappa shape index (κ2) is 5.54. The number of aryl methyl sites for hydroxylation is 1. The third kappa shape index (κ3) is 2.34. The maximum absolute atomic E-state index is 6.19. The zero-order valence-corrected chi connectivity index (χ0v) is 13.2. The predicted molar refractivity (Wildman–Crippen MR) is 83.9 cm³/mol. The van der Waals surface area contributed by atoms with Gasteiger partial charge in [-0.2, -0.15) is 0 Å². The minimum Gasteiger partial charge on any atom is -0.464 e. The molecule has 3 nitrogen and oxygen atoms in total. The van der Waals surface area contributed by atoms with Crippen LogP contribution in [0.4, 0.5) is 0 Å². The number of para-hydroxylation sites is 1. The molecule has 2 aromatic heterocycles. The van der Waals surface area contributed by atoms with E-state index in [0.717, 1.165) is 39.5 Å². The van der Waals surface area contributed by atoms with Crippen molar-refractivity contribution in [1.29, 1.82) is 0 Å². The van der Waals surface area contributed by atoms with Gasteiger partial charge in [0.1, 0.15) is 17.0 Å². The number of benzene rings is 1. The summed E-state index contributed by atoms with van der Waals surface area (Å²) in [6, 6.07) is 7.82. The van der Waals surface area contributed by atoms with Gasteiger partial charge in [0, 0.05) is 5.39 Å². The Kier molecular flexibility index (Phi) is 3.76. The molecule has 0 bridgehead atoms. The Hall–Kier alpha value is -1.39. The molecule has 0 amide bonds. The van der Waals surface area contributed by atoms with Crippen LogP contribution in [-0.4, -0.2) is 9.97 Å². The number of halogens is 2. The maximum Gasteiger partial charge on any atom is 0.165 e. The molecule has 0 atom stereocenters. The van der Waals surface area contributed by atoms with Crippen molar-refractivity contribution in [3.05, 3.63) is 45.8 Å². The fourth-order valence-electron chi connectivity index (χ4n) is 2.14. The molecule has 5 heteroatoms. The van der Waals surface area contributed by atoms with Gasteiger partial charge in [0.15, 0.2) is 5.82 Å². The van der Waals surface area contributed by atoms with Crippen LogP contribution in [0, 0.1) is 0 Å². The van der Waals surface area contributed by atoms with E-state index < -0.39 is 0 Å². The van der Waals surface area contributed by atoms with E-state index in [-0.39, 0.29) is 0 Å². The van der Waals surface area contributed by atoms with Crippen molar-refractivity contribution >= 4 is 38.5 Å². The van der Waals surface area contributed by atoms with Gasteiger partial charge in [-0.15, -0.1) is 0 Å². The van der Waals surface area contributed by atoms with Crippen LogP contribution < -0.4 is 0 Å². The van der Waals surface area contributed by atoms with Crippen molar-refractivity contribution in [3.8, 4) is 11.4 Å². The Morgan fingerprint density at radius 2 is 2.05 bits per heavy atom. The van der Waals surface area contributed by atoms with Gasteiger partial charge in [-0.25, -0.2) is 9.97 Å². The van der Waals surface area contributed by atoms with Crippen molar-refractivity contribution in [2.45, 2.75) is 19.8 Å². The second-order valence-electron chi connectivity index (χ2n) is 4.49. The lowest BCUT2D eigenvalue weighted by molar-refractivity contribution is 0.616. The van der Waals surface area contributed by atoms with Crippen LogP contribution in [0.1, 0.15) is 19.0 Å². The summed E-state index contributed by atoms with van der Waals surface area (Å²) < 4.78 is 6.31. The number of hydrogen-bond acceptors (Lipinski definition) is 3. The minimum absolute atomic E-state index is 0.434. The van der Waals surface area contributed by atoms with Crippen LogP contribution in [0.2, 0.25) is 5.15 Å². The zero-order valence-electron chi connectivity index (χ0n) is 10.9. The molecular formula is C15H12BrClN2O. The largest absolute Gasteiger partial charge is 0.464 e. The first kappa shape index (κ1) is 13.6. The highest BCUT2D eigenvalue weighted by Gasteiger charge is 2.15. The van der Waals surface area contributed by atoms with Crippen LogP contribution in [0.15, 0.2) is 39.4 Å². The summed E-state index contributed by atoms with van der Waals surface area (Å²) in [6.45, 7) is 2.11. The molecule has 3 rings (SSSR count). The molecule has 2 heterocycles. The molecule has 0 saturated heterocycles. The summed E-state index contributed by atoms with van der Waals surface area (Å²) in [7, 11) is 0. The van der Waals surface area contributed by atoms with E-state index in [0.29, 0.717) is 11.0 Å². The van der Waals surface area contributed by atoms with E-state index in [4.69, 9.17) is 16.0 Å². The molecular weight excluding hydrogens is 340 g/mol. The Labute approximate surface area is 130 Å². The average molecular weight is 352 g/mol. The van der Waals surface area contributed by atoms with Gasteiger partial charge in [0.05, 0.1) is 15.7 Å². The Morgan fingerprint density at radius 1 is 1.25 bits per heavy atom. The van der Waals surface area contributed by atoms with Crippen LogP contribution in [0.5, 0.6) is 0 Å². The van der Waals surface area contributed by atoms with E-state index in [9.17, 15) is 0 Å². The van der Waals surface area contributed by atoms with Crippen molar-refractivity contribution in [1.82, 2.24) is 9.97 Å². The fraction of sp³-hybridized carbons (Fsp3) is 0.200. The molecule has 0 N–H and O–H groups in total. The number of hydrogen-bond donors (Lipinski definition) is 0. The molecule has 0 spiro atoms. The summed E-state index contributed by atoms with van der Waals surface area (Å²) in [5.74, 6) is 0.603. The maximum atomic E-state index is 6.19. The third-order valence-electron chi connectivity index (χ3n) is 3.09. The minimum atomic E-state index is 0.434. The van der Waals surface area contributed by atoms with E-state index in [1.165, 1.54) is 0 Å². The molecule has 0 saturated carbocycles. The summed E-state index contributed by atoms with van der Waals surface area (Å²) in [5.41, 5.74) is 2.61. The Balaban J connectivity index is 2.19. The van der Waals surface area contributed by atoms with Gasteiger partial charge in [-0.1, -0.05) is 43.1 Å². The van der Waals surface area contributed by atoms with Crippen LogP contribution in [-0.2, 0) is 6.42 Å². The first-order chi connectivity index (χ1) is 9.70.